The second-order valence-corrected chi connectivity index (χ2v) is 10.9. The fourth-order valence-corrected chi connectivity index (χ4v) is 5.22. The molecule has 7 nitrogen and oxygen atoms in total. The van der Waals surface area contributed by atoms with Crippen LogP contribution in [0.3, 0.4) is 0 Å². The molecule has 0 radical (unpaired) electrons. The van der Waals surface area contributed by atoms with E-state index in [0.29, 0.717) is 15.6 Å². The molecule has 0 atom stereocenters. The number of hydrazine groups is 1. The molecule has 2 aromatic carbocycles. The van der Waals surface area contributed by atoms with Crippen molar-refractivity contribution >= 4 is 56.2 Å². The highest BCUT2D eigenvalue weighted by Gasteiger charge is 2.31. The number of hydrogen-bond donors (Lipinski definition) is 2. The maximum atomic E-state index is 12.7. The lowest BCUT2D eigenvalue weighted by Crippen LogP contribution is -2.41. The predicted molar refractivity (Wildman–Crippen MR) is 135 cm³/mol. The van der Waals surface area contributed by atoms with E-state index in [1.165, 1.54) is 34.4 Å². The summed E-state index contributed by atoms with van der Waals surface area (Å²) in [5.74, 6) is -0.687. The van der Waals surface area contributed by atoms with E-state index < -0.39 is 15.9 Å². The molecule has 1 fully saturated rings. The van der Waals surface area contributed by atoms with E-state index in [2.05, 4.69) is 17.2 Å². The molecule has 1 heterocycles. The van der Waals surface area contributed by atoms with Crippen LogP contribution in [0.1, 0.15) is 36.5 Å². The number of hydrogen-bond acceptors (Lipinski definition) is 6. The van der Waals surface area contributed by atoms with E-state index in [1.807, 2.05) is 37.3 Å². The molecule has 0 saturated carbocycles. The van der Waals surface area contributed by atoms with Gasteiger partial charge in [-0.3, -0.25) is 19.9 Å². The van der Waals surface area contributed by atoms with Gasteiger partial charge in [-0.05, 0) is 49.1 Å². The van der Waals surface area contributed by atoms with Gasteiger partial charge in [0, 0.05) is 13.0 Å². The van der Waals surface area contributed by atoms with E-state index in [9.17, 15) is 18.0 Å². The molecule has 1 saturated heterocycles. The summed E-state index contributed by atoms with van der Waals surface area (Å²) in [6.45, 7) is 4.21. The molecule has 0 aromatic heterocycles. The largest absolute Gasteiger partial charge is 0.293 e. The van der Waals surface area contributed by atoms with Gasteiger partial charge in [-0.1, -0.05) is 72.9 Å². The van der Waals surface area contributed by atoms with Gasteiger partial charge in [-0.25, -0.2) is 8.42 Å². The van der Waals surface area contributed by atoms with Crippen LogP contribution in [-0.4, -0.2) is 36.0 Å². The molecule has 1 aliphatic heterocycles. The number of nitrogens with zero attached hydrogens (tertiary/aromatic N) is 1. The molecule has 2 aromatic rings. The minimum Gasteiger partial charge on any atom is -0.293 e. The van der Waals surface area contributed by atoms with Crippen LogP contribution >= 0.6 is 24.0 Å². The SMILES string of the molecule is CCc1ccc(/C=C2\SC(=S)N(CCCC(=O)NNS(=O)(=O)c3ccc(C)cc3)C2=O)cc1. The van der Waals surface area contributed by atoms with Crippen LogP contribution in [0.25, 0.3) is 6.08 Å². The molecule has 2 amide bonds. The van der Waals surface area contributed by atoms with Gasteiger partial charge in [0.05, 0.1) is 9.80 Å². The molecular weight excluding hydrogens is 478 g/mol. The number of amides is 2. The molecule has 2 N–H and O–H groups in total. The number of aryl methyl sites for hydroxylation is 2. The fourth-order valence-electron chi connectivity index (χ4n) is 3.05. The van der Waals surface area contributed by atoms with Crippen LogP contribution in [-0.2, 0) is 26.0 Å². The van der Waals surface area contributed by atoms with Crippen LogP contribution < -0.4 is 10.3 Å². The summed E-state index contributed by atoms with van der Waals surface area (Å²) in [5, 5.41) is 0. The van der Waals surface area contributed by atoms with Crippen LogP contribution in [0.2, 0.25) is 0 Å². The maximum Gasteiger partial charge on any atom is 0.266 e. The van der Waals surface area contributed by atoms with Crippen molar-refractivity contribution in [3.8, 4) is 0 Å². The summed E-state index contributed by atoms with van der Waals surface area (Å²) in [5.41, 5.74) is 5.28. The molecule has 3 rings (SSSR count). The summed E-state index contributed by atoms with van der Waals surface area (Å²) in [6.07, 6.45) is 3.13. The van der Waals surface area contributed by atoms with E-state index in [0.717, 1.165) is 17.5 Å². The molecule has 0 spiro atoms. The molecule has 0 unspecified atom stereocenters. The Morgan fingerprint density at radius 2 is 1.79 bits per heavy atom. The van der Waals surface area contributed by atoms with Crippen molar-refractivity contribution in [3.05, 3.63) is 70.1 Å². The summed E-state index contributed by atoms with van der Waals surface area (Å²) < 4.78 is 24.9. The number of thiocarbonyl (C=S) groups is 1. The first-order valence-corrected chi connectivity index (χ1v) is 13.1. The Kier molecular flexibility index (Phi) is 8.41. The summed E-state index contributed by atoms with van der Waals surface area (Å²) >= 11 is 6.56. The Labute approximate surface area is 203 Å². The Bertz CT molecular complexity index is 1170. The number of thioether (sulfide) groups is 1. The van der Waals surface area contributed by atoms with Crippen LogP contribution in [0, 0.1) is 6.92 Å². The first-order chi connectivity index (χ1) is 15.7. The first kappa shape index (κ1) is 25.1. The van der Waals surface area contributed by atoms with Gasteiger partial charge in [0.1, 0.15) is 4.32 Å². The van der Waals surface area contributed by atoms with Crippen LogP contribution in [0.15, 0.2) is 58.3 Å². The third-order valence-electron chi connectivity index (χ3n) is 5.00. The van der Waals surface area contributed by atoms with Crippen molar-refractivity contribution in [2.75, 3.05) is 6.54 Å². The monoisotopic (exact) mass is 503 g/mol. The molecule has 33 heavy (non-hydrogen) atoms. The highest BCUT2D eigenvalue weighted by molar-refractivity contribution is 8.26. The van der Waals surface area contributed by atoms with Gasteiger partial charge in [-0.2, -0.15) is 0 Å². The summed E-state index contributed by atoms with van der Waals surface area (Å²) in [7, 11) is -3.85. The number of benzene rings is 2. The Balaban J connectivity index is 1.49. The molecule has 0 aliphatic carbocycles. The van der Waals surface area contributed by atoms with Crippen LogP contribution in [0.4, 0.5) is 0 Å². The van der Waals surface area contributed by atoms with Gasteiger partial charge < -0.3 is 0 Å². The zero-order chi connectivity index (χ0) is 24.0. The lowest BCUT2D eigenvalue weighted by atomic mass is 10.1. The van der Waals surface area contributed by atoms with E-state index in [1.54, 1.807) is 12.1 Å². The van der Waals surface area contributed by atoms with Crippen molar-refractivity contribution in [2.24, 2.45) is 0 Å². The van der Waals surface area contributed by atoms with Gasteiger partial charge in [0.15, 0.2) is 0 Å². The zero-order valence-electron chi connectivity index (χ0n) is 18.3. The van der Waals surface area contributed by atoms with Gasteiger partial charge in [-0.15, -0.1) is 4.83 Å². The number of carbonyl (C=O) groups is 2. The predicted octanol–water partition coefficient (Wildman–Crippen LogP) is 3.55. The Morgan fingerprint density at radius 1 is 1.12 bits per heavy atom. The summed E-state index contributed by atoms with van der Waals surface area (Å²) in [4.78, 5) is 28.9. The van der Waals surface area contributed by atoms with Gasteiger partial charge in [0.2, 0.25) is 5.91 Å². The second kappa shape index (κ2) is 11.1. The van der Waals surface area contributed by atoms with Crippen LogP contribution in [0.5, 0.6) is 0 Å². The van der Waals surface area contributed by atoms with Crippen molar-refractivity contribution < 1.29 is 18.0 Å². The average molecular weight is 504 g/mol. The number of sulfonamides is 1. The van der Waals surface area contributed by atoms with Gasteiger partial charge >= 0.3 is 0 Å². The molecule has 174 valence electrons. The minimum atomic E-state index is -3.85. The minimum absolute atomic E-state index is 0.0327. The quantitative estimate of drug-likeness (QED) is 0.309. The first-order valence-electron chi connectivity index (χ1n) is 10.4. The number of nitrogens with one attached hydrogen (secondary N) is 2. The molecule has 1 aliphatic rings. The van der Waals surface area contributed by atoms with E-state index in [-0.39, 0.29) is 23.8 Å². The highest BCUT2D eigenvalue weighted by Crippen LogP contribution is 2.32. The second-order valence-electron chi connectivity index (χ2n) is 7.50. The zero-order valence-corrected chi connectivity index (χ0v) is 20.8. The number of carbonyl (C=O) groups excluding carboxylic acids is 2. The lowest BCUT2D eigenvalue weighted by molar-refractivity contribution is -0.124. The van der Waals surface area contributed by atoms with Crippen molar-refractivity contribution in [1.29, 1.82) is 0 Å². The van der Waals surface area contributed by atoms with E-state index >= 15 is 0 Å². The molecular formula is C23H25N3O4S3. The van der Waals surface area contributed by atoms with E-state index in [4.69, 9.17) is 12.2 Å². The van der Waals surface area contributed by atoms with Crippen molar-refractivity contribution in [1.82, 2.24) is 15.2 Å². The van der Waals surface area contributed by atoms with Crippen molar-refractivity contribution in [3.63, 3.8) is 0 Å². The summed E-state index contributed by atoms with van der Waals surface area (Å²) in [6, 6.07) is 14.3. The normalized spacial score (nSPS) is 15.3. The smallest absolute Gasteiger partial charge is 0.266 e. The third kappa shape index (κ3) is 6.73. The Hall–Kier alpha value is -2.53. The highest BCUT2D eigenvalue weighted by atomic mass is 32.2. The third-order valence-corrected chi connectivity index (χ3v) is 7.64. The number of rotatable bonds is 9. The standard InChI is InChI=1S/C23H25N3O4S3/c1-3-17-8-10-18(11-9-17)15-20-22(28)26(23(31)32-20)14-4-5-21(27)24-25-33(29,30)19-12-6-16(2)7-13-19/h6-13,15,25H,3-5,14H2,1-2H3,(H,24,27)/b20-15-. The molecule has 10 heteroatoms. The average Bonchev–Trinajstić information content (AvgIpc) is 3.06. The Morgan fingerprint density at radius 3 is 2.42 bits per heavy atom. The van der Waals surface area contributed by atoms with Crippen molar-refractivity contribution in [2.45, 2.75) is 38.0 Å². The topological polar surface area (TPSA) is 95.6 Å². The maximum absolute atomic E-state index is 12.7. The fraction of sp³-hybridized carbons (Fsp3) is 0.261. The van der Waals surface area contributed by atoms with Gasteiger partial charge in [0.25, 0.3) is 15.9 Å². The molecule has 0 bridgehead atoms. The lowest BCUT2D eigenvalue weighted by Gasteiger charge is -2.14.